The lowest BCUT2D eigenvalue weighted by Crippen LogP contribution is -2.18. The fourth-order valence-electron chi connectivity index (χ4n) is 2.45. The Bertz CT molecular complexity index is 923. The van der Waals surface area contributed by atoms with Gasteiger partial charge in [0.2, 0.25) is 0 Å². The fraction of sp³-hybridized carbons (Fsp3) is 0.222. The SMILES string of the molecule is Cc1nc(-c2nnn(C)c2NC(=O)OC(C)c2ccccc2)ccc1N. The minimum atomic E-state index is -0.597. The number of carbonyl (C=O) groups excluding carboxylic acids is 1. The summed E-state index contributed by atoms with van der Waals surface area (Å²) < 4.78 is 6.89. The van der Waals surface area contributed by atoms with E-state index < -0.39 is 12.2 Å². The van der Waals surface area contributed by atoms with Crippen LogP contribution in [-0.2, 0) is 11.8 Å². The molecule has 1 amide bonds. The molecule has 26 heavy (non-hydrogen) atoms. The number of benzene rings is 1. The van der Waals surface area contributed by atoms with Crippen LogP contribution in [0.4, 0.5) is 16.3 Å². The van der Waals surface area contributed by atoms with Gasteiger partial charge in [0.1, 0.15) is 6.10 Å². The van der Waals surface area contributed by atoms with Crippen LogP contribution in [0.5, 0.6) is 0 Å². The van der Waals surface area contributed by atoms with E-state index in [-0.39, 0.29) is 0 Å². The lowest BCUT2D eigenvalue weighted by atomic mass is 10.1. The summed E-state index contributed by atoms with van der Waals surface area (Å²) in [6.45, 7) is 3.61. The van der Waals surface area contributed by atoms with Gasteiger partial charge in [-0.15, -0.1) is 5.10 Å². The second-order valence-corrected chi connectivity index (χ2v) is 5.86. The van der Waals surface area contributed by atoms with Gasteiger partial charge in [-0.1, -0.05) is 35.5 Å². The molecule has 0 saturated carbocycles. The molecule has 3 aromatic rings. The summed E-state index contributed by atoms with van der Waals surface area (Å²) in [4.78, 5) is 16.7. The van der Waals surface area contributed by atoms with Crippen molar-refractivity contribution in [3.05, 3.63) is 53.7 Å². The van der Waals surface area contributed by atoms with Crippen LogP contribution >= 0.6 is 0 Å². The summed E-state index contributed by atoms with van der Waals surface area (Å²) in [5, 5.41) is 10.7. The highest BCUT2D eigenvalue weighted by molar-refractivity contribution is 5.88. The number of rotatable bonds is 4. The summed E-state index contributed by atoms with van der Waals surface area (Å²) in [6, 6.07) is 13.0. The highest BCUT2D eigenvalue weighted by Crippen LogP contribution is 2.25. The molecule has 1 unspecified atom stereocenters. The van der Waals surface area contributed by atoms with Crippen molar-refractivity contribution < 1.29 is 9.53 Å². The molecule has 2 heterocycles. The van der Waals surface area contributed by atoms with E-state index in [0.717, 1.165) is 5.56 Å². The van der Waals surface area contributed by atoms with Crippen LogP contribution in [0.25, 0.3) is 11.4 Å². The summed E-state index contributed by atoms with van der Waals surface area (Å²) >= 11 is 0. The third-order valence-corrected chi connectivity index (χ3v) is 3.97. The van der Waals surface area contributed by atoms with E-state index in [4.69, 9.17) is 10.5 Å². The van der Waals surface area contributed by atoms with Gasteiger partial charge in [-0.25, -0.2) is 14.5 Å². The van der Waals surface area contributed by atoms with Gasteiger partial charge in [0.15, 0.2) is 11.5 Å². The van der Waals surface area contributed by atoms with E-state index >= 15 is 0 Å². The maximum atomic E-state index is 12.3. The van der Waals surface area contributed by atoms with Crippen LogP contribution in [0.15, 0.2) is 42.5 Å². The number of nitrogen functional groups attached to an aromatic ring is 1. The van der Waals surface area contributed by atoms with Crippen LogP contribution in [0.3, 0.4) is 0 Å². The van der Waals surface area contributed by atoms with Crippen LogP contribution in [0, 0.1) is 6.92 Å². The smallest absolute Gasteiger partial charge is 0.413 e. The highest BCUT2D eigenvalue weighted by atomic mass is 16.6. The molecular formula is C18H20N6O2. The molecule has 8 nitrogen and oxygen atoms in total. The first-order chi connectivity index (χ1) is 12.5. The topological polar surface area (TPSA) is 108 Å². The second kappa shape index (κ2) is 7.22. The van der Waals surface area contributed by atoms with Crippen molar-refractivity contribution in [3.8, 4) is 11.4 Å². The standard InChI is InChI=1S/C18H20N6O2/c1-11-14(19)9-10-15(20-11)16-17(24(3)23-22-16)21-18(25)26-12(2)13-7-5-4-6-8-13/h4-10,12H,19H2,1-3H3,(H,21,25). The molecule has 8 heteroatoms. The molecule has 3 N–H and O–H groups in total. The lowest BCUT2D eigenvalue weighted by Gasteiger charge is -2.14. The maximum absolute atomic E-state index is 12.3. The third kappa shape index (κ3) is 3.64. The quantitative estimate of drug-likeness (QED) is 0.747. The van der Waals surface area contributed by atoms with Crippen LogP contribution in [0.1, 0.15) is 24.3 Å². The fourth-order valence-corrected chi connectivity index (χ4v) is 2.45. The zero-order valence-electron chi connectivity index (χ0n) is 14.8. The first-order valence-corrected chi connectivity index (χ1v) is 8.11. The number of amides is 1. The van der Waals surface area contributed by atoms with Gasteiger partial charge in [-0.2, -0.15) is 0 Å². The number of pyridine rings is 1. The van der Waals surface area contributed by atoms with Crippen molar-refractivity contribution in [1.82, 2.24) is 20.0 Å². The van der Waals surface area contributed by atoms with Crippen molar-refractivity contribution in [1.29, 1.82) is 0 Å². The zero-order chi connectivity index (χ0) is 18.7. The van der Waals surface area contributed by atoms with Crippen molar-refractivity contribution in [3.63, 3.8) is 0 Å². The molecule has 134 valence electrons. The summed E-state index contributed by atoms with van der Waals surface area (Å²) in [7, 11) is 1.68. The molecule has 0 saturated heterocycles. The normalized spacial score (nSPS) is 11.8. The van der Waals surface area contributed by atoms with E-state index in [1.807, 2.05) is 37.3 Å². The van der Waals surface area contributed by atoms with E-state index in [0.29, 0.717) is 28.6 Å². The Kier molecular flexibility index (Phi) is 4.83. The number of aromatic nitrogens is 4. The molecule has 0 radical (unpaired) electrons. The van der Waals surface area contributed by atoms with E-state index in [9.17, 15) is 4.79 Å². The summed E-state index contributed by atoms with van der Waals surface area (Å²) in [5.41, 5.74) is 8.99. The molecule has 1 atom stereocenters. The molecule has 0 bridgehead atoms. The number of nitrogens with one attached hydrogen (secondary N) is 1. The predicted molar refractivity (Wildman–Crippen MR) is 98.3 cm³/mol. The highest BCUT2D eigenvalue weighted by Gasteiger charge is 2.19. The molecule has 0 fully saturated rings. The van der Waals surface area contributed by atoms with E-state index in [1.54, 1.807) is 26.1 Å². The Morgan fingerprint density at radius 1 is 1.23 bits per heavy atom. The lowest BCUT2D eigenvalue weighted by molar-refractivity contribution is 0.121. The van der Waals surface area contributed by atoms with Crippen molar-refractivity contribution in [2.45, 2.75) is 20.0 Å². The van der Waals surface area contributed by atoms with Gasteiger partial charge in [-0.05, 0) is 31.5 Å². The van der Waals surface area contributed by atoms with Gasteiger partial charge in [0.05, 0.1) is 17.1 Å². The molecule has 0 aliphatic heterocycles. The van der Waals surface area contributed by atoms with Gasteiger partial charge < -0.3 is 10.5 Å². The number of nitrogens with two attached hydrogens (primary N) is 1. The zero-order valence-corrected chi connectivity index (χ0v) is 14.8. The molecule has 3 rings (SSSR count). The monoisotopic (exact) mass is 352 g/mol. The van der Waals surface area contributed by atoms with Gasteiger partial charge in [0, 0.05) is 7.05 Å². The Balaban J connectivity index is 1.78. The molecule has 1 aromatic carbocycles. The van der Waals surface area contributed by atoms with Crippen LogP contribution < -0.4 is 11.1 Å². The number of anilines is 2. The summed E-state index contributed by atoms with van der Waals surface area (Å²) in [6.07, 6.45) is -0.988. The van der Waals surface area contributed by atoms with Crippen LogP contribution in [-0.4, -0.2) is 26.1 Å². The van der Waals surface area contributed by atoms with Crippen molar-refractivity contribution >= 4 is 17.6 Å². The number of carbonyl (C=O) groups is 1. The average molecular weight is 352 g/mol. The minimum absolute atomic E-state index is 0.391. The largest absolute Gasteiger partial charge is 0.441 e. The molecule has 0 spiro atoms. The first kappa shape index (κ1) is 17.4. The van der Waals surface area contributed by atoms with E-state index in [1.165, 1.54) is 4.68 Å². The number of hydrogen-bond acceptors (Lipinski definition) is 6. The Morgan fingerprint density at radius 2 is 1.96 bits per heavy atom. The minimum Gasteiger partial charge on any atom is -0.441 e. The van der Waals surface area contributed by atoms with E-state index in [2.05, 4.69) is 20.6 Å². The van der Waals surface area contributed by atoms with Gasteiger partial charge in [-0.3, -0.25) is 5.32 Å². The number of ether oxygens (including phenoxy) is 1. The second-order valence-electron chi connectivity index (χ2n) is 5.86. The third-order valence-electron chi connectivity index (χ3n) is 3.97. The molecular weight excluding hydrogens is 332 g/mol. The Hall–Kier alpha value is -3.42. The Morgan fingerprint density at radius 3 is 2.65 bits per heavy atom. The Labute approximate surface area is 151 Å². The van der Waals surface area contributed by atoms with Crippen LogP contribution in [0.2, 0.25) is 0 Å². The maximum Gasteiger partial charge on any atom is 0.413 e. The molecule has 0 aliphatic carbocycles. The number of hydrogen-bond donors (Lipinski definition) is 2. The summed E-state index contributed by atoms with van der Waals surface area (Å²) in [5.74, 6) is 0.395. The molecule has 2 aromatic heterocycles. The number of aryl methyl sites for hydroxylation is 2. The average Bonchev–Trinajstić information content (AvgIpc) is 2.98. The molecule has 0 aliphatic rings. The van der Waals surface area contributed by atoms with Crippen molar-refractivity contribution in [2.75, 3.05) is 11.1 Å². The van der Waals surface area contributed by atoms with Crippen molar-refractivity contribution in [2.24, 2.45) is 7.05 Å². The first-order valence-electron chi connectivity index (χ1n) is 8.11. The van der Waals surface area contributed by atoms with Gasteiger partial charge >= 0.3 is 6.09 Å². The predicted octanol–water partition coefficient (Wildman–Crippen LogP) is 3.08. The number of nitrogens with zero attached hydrogens (tertiary/aromatic N) is 4. The van der Waals surface area contributed by atoms with Gasteiger partial charge in [0.25, 0.3) is 0 Å².